The van der Waals surface area contributed by atoms with E-state index in [0.717, 1.165) is 0 Å². The zero-order chi connectivity index (χ0) is 13.9. The normalized spacial score (nSPS) is 10.3. The van der Waals surface area contributed by atoms with Crippen LogP contribution in [-0.2, 0) is 4.79 Å². The van der Waals surface area contributed by atoms with Crippen molar-refractivity contribution in [2.45, 2.75) is 6.42 Å². The standard InChI is InChI=1S/C10H11F4N3O/c1-17(2)5(18)3-4-15-8-6(11)9(13)16-10(14)7(8)12/h3-4H2,1-2H3,(H,15,16). The van der Waals surface area contributed by atoms with E-state index in [2.05, 4.69) is 10.3 Å². The van der Waals surface area contributed by atoms with Gasteiger partial charge in [0.25, 0.3) is 11.9 Å². The zero-order valence-electron chi connectivity index (χ0n) is 9.73. The lowest BCUT2D eigenvalue weighted by atomic mass is 10.3. The lowest BCUT2D eigenvalue weighted by Gasteiger charge is -2.12. The minimum atomic E-state index is -1.74. The third-order valence-electron chi connectivity index (χ3n) is 2.14. The third-order valence-corrected chi connectivity index (χ3v) is 2.14. The molecular weight excluding hydrogens is 254 g/mol. The number of nitrogens with one attached hydrogen (secondary N) is 1. The van der Waals surface area contributed by atoms with Gasteiger partial charge < -0.3 is 10.2 Å². The van der Waals surface area contributed by atoms with E-state index in [-0.39, 0.29) is 18.9 Å². The fraction of sp³-hybridized carbons (Fsp3) is 0.400. The average Bonchev–Trinajstić information content (AvgIpc) is 2.30. The lowest BCUT2D eigenvalue weighted by molar-refractivity contribution is -0.128. The molecular formula is C10H11F4N3O. The summed E-state index contributed by atoms with van der Waals surface area (Å²) in [5, 5.41) is 2.13. The number of hydrogen-bond donors (Lipinski definition) is 1. The Bertz CT molecular complexity index is 439. The SMILES string of the molecule is CN(C)C(=O)CCNc1c(F)c(F)nc(F)c1F. The second-order valence-electron chi connectivity index (χ2n) is 3.66. The molecule has 8 heteroatoms. The van der Waals surface area contributed by atoms with Gasteiger partial charge in [0.05, 0.1) is 0 Å². The van der Waals surface area contributed by atoms with Gasteiger partial charge in [0.15, 0.2) is 0 Å². The summed E-state index contributed by atoms with van der Waals surface area (Å²) in [7, 11) is 3.02. The van der Waals surface area contributed by atoms with E-state index < -0.39 is 29.2 Å². The summed E-state index contributed by atoms with van der Waals surface area (Å²) >= 11 is 0. The number of hydrogen-bond acceptors (Lipinski definition) is 3. The highest BCUT2D eigenvalue weighted by molar-refractivity contribution is 5.76. The summed E-state index contributed by atoms with van der Waals surface area (Å²) in [6, 6.07) is 0. The molecule has 1 heterocycles. The molecule has 0 spiro atoms. The molecule has 100 valence electrons. The van der Waals surface area contributed by atoms with Crippen molar-refractivity contribution in [3.8, 4) is 0 Å². The molecule has 0 radical (unpaired) electrons. The van der Waals surface area contributed by atoms with Crippen molar-refractivity contribution >= 4 is 11.6 Å². The van der Waals surface area contributed by atoms with Crippen LogP contribution in [-0.4, -0.2) is 36.4 Å². The Kier molecular flexibility index (Phi) is 4.46. The van der Waals surface area contributed by atoms with E-state index in [9.17, 15) is 22.4 Å². The molecule has 0 bridgehead atoms. The first kappa shape index (κ1) is 14.2. The van der Waals surface area contributed by atoms with Gasteiger partial charge in [0.1, 0.15) is 5.69 Å². The van der Waals surface area contributed by atoms with Gasteiger partial charge in [-0.1, -0.05) is 0 Å². The fourth-order valence-electron chi connectivity index (χ4n) is 1.16. The third kappa shape index (κ3) is 3.08. The van der Waals surface area contributed by atoms with E-state index in [1.165, 1.54) is 19.0 Å². The van der Waals surface area contributed by atoms with Crippen LogP contribution >= 0.6 is 0 Å². The summed E-state index contributed by atoms with van der Waals surface area (Å²) in [4.78, 5) is 14.9. The Morgan fingerprint density at radius 1 is 1.17 bits per heavy atom. The van der Waals surface area contributed by atoms with E-state index in [0.29, 0.717) is 0 Å². The molecule has 0 aliphatic carbocycles. The van der Waals surface area contributed by atoms with E-state index in [4.69, 9.17) is 0 Å². The fourth-order valence-corrected chi connectivity index (χ4v) is 1.16. The van der Waals surface area contributed by atoms with Crippen molar-refractivity contribution in [2.24, 2.45) is 0 Å². The molecule has 1 amide bonds. The van der Waals surface area contributed by atoms with Crippen LogP contribution < -0.4 is 5.32 Å². The van der Waals surface area contributed by atoms with Crippen LogP contribution in [0.2, 0.25) is 0 Å². The Morgan fingerprint density at radius 3 is 2.11 bits per heavy atom. The molecule has 1 aromatic rings. The number of aromatic nitrogens is 1. The molecule has 0 aliphatic heterocycles. The summed E-state index contributed by atoms with van der Waals surface area (Å²) in [5.74, 6) is -7.01. The number of nitrogens with zero attached hydrogens (tertiary/aromatic N) is 2. The second kappa shape index (κ2) is 5.65. The molecule has 4 nitrogen and oxygen atoms in total. The molecule has 0 saturated heterocycles. The highest BCUT2D eigenvalue weighted by Crippen LogP contribution is 2.21. The minimum absolute atomic E-state index is 0.0720. The average molecular weight is 265 g/mol. The van der Waals surface area contributed by atoms with Gasteiger partial charge in [-0.05, 0) is 0 Å². The van der Waals surface area contributed by atoms with Gasteiger partial charge in [0, 0.05) is 27.1 Å². The van der Waals surface area contributed by atoms with Crippen molar-refractivity contribution in [1.82, 2.24) is 9.88 Å². The Labute approximate surface area is 101 Å². The molecule has 0 atom stereocenters. The van der Waals surface area contributed by atoms with Gasteiger partial charge in [-0.3, -0.25) is 4.79 Å². The van der Waals surface area contributed by atoms with Crippen molar-refractivity contribution in [3.05, 3.63) is 23.5 Å². The smallest absolute Gasteiger partial charge is 0.253 e. The Balaban J connectivity index is 2.76. The molecule has 0 saturated carbocycles. The predicted molar refractivity (Wildman–Crippen MR) is 55.9 cm³/mol. The van der Waals surface area contributed by atoms with Gasteiger partial charge in [-0.15, -0.1) is 0 Å². The number of pyridine rings is 1. The van der Waals surface area contributed by atoms with Crippen LogP contribution in [0.25, 0.3) is 0 Å². The highest BCUT2D eigenvalue weighted by atomic mass is 19.2. The number of carbonyl (C=O) groups excluding carboxylic acids is 1. The Morgan fingerprint density at radius 2 is 1.67 bits per heavy atom. The summed E-state index contributed by atoms with van der Waals surface area (Å²) in [5.41, 5.74) is -0.966. The van der Waals surface area contributed by atoms with Crippen molar-refractivity contribution in [3.63, 3.8) is 0 Å². The number of rotatable bonds is 4. The van der Waals surface area contributed by atoms with Gasteiger partial charge in [0.2, 0.25) is 17.5 Å². The van der Waals surface area contributed by atoms with E-state index in [1.807, 2.05) is 0 Å². The molecule has 0 aliphatic rings. The maximum atomic E-state index is 13.1. The molecule has 0 fully saturated rings. The summed E-state index contributed by atoms with van der Waals surface area (Å²) in [6.45, 7) is -0.159. The van der Waals surface area contributed by atoms with Crippen molar-refractivity contribution < 1.29 is 22.4 Å². The molecule has 0 unspecified atom stereocenters. The molecule has 0 aromatic carbocycles. The number of anilines is 1. The molecule has 1 rings (SSSR count). The first-order valence-corrected chi connectivity index (χ1v) is 4.98. The van der Waals surface area contributed by atoms with Crippen LogP contribution in [0.5, 0.6) is 0 Å². The van der Waals surface area contributed by atoms with Gasteiger partial charge in [-0.25, -0.2) is 0 Å². The van der Waals surface area contributed by atoms with E-state index in [1.54, 1.807) is 0 Å². The second-order valence-corrected chi connectivity index (χ2v) is 3.66. The highest BCUT2D eigenvalue weighted by Gasteiger charge is 2.20. The lowest BCUT2D eigenvalue weighted by Crippen LogP contribution is -2.24. The van der Waals surface area contributed by atoms with Crippen LogP contribution in [0.3, 0.4) is 0 Å². The van der Waals surface area contributed by atoms with E-state index >= 15 is 0 Å². The topological polar surface area (TPSA) is 45.2 Å². The first-order valence-electron chi connectivity index (χ1n) is 4.98. The van der Waals surface area contributed by atoms with Gasteiger partial charge in [-0.2, -0.15) is 22.5 Å². The summed E-state index contributed by atoms with van der Waals surface area (Å²) < 4.78 is 51.7. The first-order chi connectivity index (χ1) is 8.34. The number of carbonyl (C=O) groups is 1. The number of amides is 1. The predicted octanol–water partition coefficient (Wildman–Crippen LogP) is 1.53. The maximum absolute atomic E-state index is 13.1. The molecule has 1 N–H and O–H groups in total. The minimum Gasteiger partial charge on any atom is -0.379 e. The number of halogens is 4. The van der Waals surface area contributed by atoms with Crippen LogP contribution in [0.1, 0.15) is 6.42 Å². The largest absolute Gasteiger partial charge is 0.379 e. The maximum Gasteiger partial charge on any atom is 0.253 e. The summed E-state index contributed by atoms with van der Waals surface area (Å²) in [6.07, 6.45) is -0.0720. The monoisotopic (exact) mass is 265 g/mol. The van der Waals surface area contributed by atoms with Crippen molar-refractivity contribution in [1.29, 1.82) is 0 Å². The van der Waals surface area contributed by atoms with Crippen LogP contribution in [0.4, 0.5) is 23.2 Å². The molecule has 1 aromatic heterocycles. The quantitative estimate of drug-likeness (QED) is 0.663. The Hall–Kier alpha value is -1.86. The molecule has 18 heavy (non-hydrogen) atoms. The van der Waals surface area contributed by atoms with Crippen LogP contribution in [0.15, 0.2) is 0 Å². The zero-order valence-corrected chi connectivity index (χ0v) is 9.73. The van der Waals surface area contributed by atoms with Gasteiger partial charge >= 0.3 is 0 Å². The van der Waals surface area contributed by atoms with Crippen LogP contribution in [0, 0.1) is 23.5 Å². The van der Waals surface area contributed by atoms with Crippen molar-refractivity contribution in [2.75, 3.05) is 26.0 Å².